The van der Waals surface area contributed by atoms with Crippen LogP contribution in [0.2, 0.25) is 0 Å². The second kappa shape index (κ2) is 6.61. The van der Waals surface area contributed by atoms with Crippen LogP contribution < -0.4 is 5.32 Å². The minimum absolute atomic E-state index is 0.00424. The average molecular weight is 291 g/mol. The molecular weight excluding hydrogens is 270 g/mol. The Morgan fingerprint density at radius 3 is 2.29 bits per heavy atom. The topological polar surface area (TPSA) is 86.6 Å². The molecule has 21 heavy (non-hydrogen) atoms. The molecule has 1 fully saturated rings. The molecule has 3 N–H and O–H groups in total. The molecule has 0 saturated heterocycles. The molecule has 0 spiro atoms. The summed E-state index contributed by atoms with van der Waals surface area (Å²) in [6.45, 7) is -0.00424. The van der Waals surface area contributed by atoms with Crippen LogP contribution in [0.25, 0.3) is 0 Å². The molecule has 1 aliphatic carbocycles. The smallest absolute Gasteiger partial charge is 0.404 e. The van der Waals surface area contributed by atoms with Crippen molar-refractivity contribution >= 4 is 12.1 Å². The molecule has 2 rings (SSSR count). The van der Waals surface area contributed by atoms with Crippen LogP contribution >= 0.6 is 0 Å². The predicted octanol–water partition coefficient (Wildman–Crippen LogP) is 2.76. The minimum atomic E-state index is -1.16. The van der Waals surface area contributed by atoms with Crippen molar-refractivity contribution < 1.29 is 19.8 Å². The van der Waals surface area contributed by atoms with E-state index >= 15 is 0 Å². The summed E-state index contributed by atoms with van der Waals surface area (Å²) in [6, 6.07) is 10.2. The summed E-state index contributed by atoms with van der Waals surface area (Å²) in [4.78, 5) is 22.1. The molecule has 0 atom stereocenters. The summed E-state index contributed by atoms with van der Waals surface area (Å²) in [5, 5.41) is 20.4. The number of carboxylic acids is 1. The van der Waals surface area contributed by atoms with E-state index in [9.17, 15) is 14.7 Å². The number of nitrogens with one attached hydrogen (secondary N) is 1. The first-order valence-electron chi connectivity index (χ1n) is 7.26. The van der Waals surface area contributed by atoms with Crippen molar-refractivity contribution in [2.24, 2.45) is 11.3 Å². The fourth-order valence-electron chi connectivity index (χ4n) is 3.09. The molecule has 5 heteroatoms. The Hall–Kier alpha value is -2.04. The van der Waals surface area contributed by atoms with Gasteiger partial charge in [-0.25, -0.2) is 4.79 Å². The Morgan fingerprint density at radius 1 is 1.14 bits per heavy atom. The molecular formula is C16H21NO4. The number of rotatable bonds is 5. The highest BCUT2D eigenvalue weighted by Crippen LogP contribution is 2.40. The Labute approximate surface area is 124 Å². The number of aliphatic carboxylic acids is 1. The van der Waals surface area contributed by atoms with Crippen molar-refractivity contribution in [1.29, 1.82) is 0 Å². The highest BCUT2D eigenvalue weighted by molar-refractivity contribution is 5.76. The van der Waals surface area contributed by atoms with E-state index in [4.69, 9.17) is 5.11 Å². The summed E-state index contributed by atoms with van der Waals surface area (Å²) in [5.41, 5.74) is 0.333. The van der Waals surface area contributed by atoms with Gasteiger partial charge in [-0.2, -0.15) is 0 Å². The number of hydrogen-bond acceptors (Lipinski definition) is 2. The van der Waals surface area contributed by atoms with Gasteiger partial charge < -0.3 is 15.5 Å². The first-order chi connectivity index (χ1) is 10.0. The fraction of sp³-hybridized carbons (Fsp3) is 0.500. The molecule has 114 valence electrons. The van der Waals surface area contributed by atoms with Crippen molar-refractivity contribution in [2.45, 2.75) is 32.1 Å². The second-order valence-corrected chi connectivity index (χ2v) is 5.88. The largest absolute Gasteiger partial charge is 0.481 e. The van der Waals surface area contributed by atoms with Gasteiger partial charge in [-0.15, -0.1) is 0 Å². The summed E-state index contributed by atoms with van der Waals surface area (Å²) in [5.74, 6) is -0.417. The molecule has 0 aromatic heterocycles. The second-order valence-electron chi connectivity index (χ2n) is 5.88. The van der Waals surface area contributed by atoms with E-state index in [-0.39, 0.29) is 6.54 Å². The molecule has 1 saturated carbocycles. The van der Waals surface area contributed by atoms with Gasteiger partial charge in [0.1, 0.15) is 0 Å². The first-order valence-corrected chi connectivity index (χ1v) is 7.26. The highest BCUT2D eigenvalue weighted by Gasteiger charge is 2.42. The predicted molar refractivity (Wildman–Crippen MR) is 78.2 cm³/mol. The maximum absolute atomic E-state index is 11.5. The molecule has 0 aliphatic heterocycles. The van der Waals surface area contributed by atoms with Crippen molar-refractivity contribution in [3.8, 4) is 0 Å². The third-order valence-corrected chi connectivity index (χ3v) is 4.46. The van der Waals surface area contributed by atoms with Crippen LogP contribution in [-0.4, -0.2) is 28.8 Å². The SMILES string of the molecule is O=C(O)NC[C@]1(C(=O)O)CC[C@H](Cc2ccccc2)CC1. The van der Waals surface area contributed by atoms with E-state index in [0.717, 1.165) is 19.3 Å². The lowest BCUT2D eigenvalue weighted by Crippen LogP contribution is -2.45. The molecule has 1 amide bonds. The van der Waals surface area contributed by atoms with Gasteiger partial charge in [0.25, 0.3) is 0 Å². The van der Waals surface area contributed by atoms with Crippen molar-refractivity contribution in [3.63, 3.8) is 0 Å². The maximum atomic E-state index is 11.5. The van der Waals surface area contributed by atoms with E-state index in [2.05, 4.69) is 17.4 Å². The van der Waals surface area contributed by atoms with Gasteiger partial charge in [-0.1, -0.05) is 30.3 Å². The molecule has 1 aromatic carbocycles. The van der Waals surface area contributed by atoms with Crippen LogP contribution in [-0.2, 0) is 11.2 Å². The quantitative estimate of drug-likeness (QED) is 0.778. The molecule has 0 radical (unpaired) electrons. The van der Waals surface area contributed by atoms with Gasteiger partial charge >= 0.3 is 12.1 Å². The van der Waals surface area contributed by atoms with Crippen LogP contribution in [0.5, 0.6) is 0 Å². The fourth-order valence-corrected chi connectivity index (χ4v) is 3.09. The molecule has 1 aromatic rings. The number of carboxylic acid groups (broad SMARTS) is 2. The Morgan fingerprint density at radius 2 is 1.76 bits per heavy atom. The van der Waals surface area contributed by atoms with Crippen molar-refractivity contribution in [3.05, 3.63) is 35.9 Å². The monoisotopic (exact) mass is 291 g/mol. The summed E-state index contributed by atoms with van der Waals surface area (Å²) in [7, 11) is 0. The molecule has 0 bridgehead atoms. The van der Waals surface area contributed by atoms with Crippen LogP contribution in [0.15, 0.2) is 30.3 Å². The lowest BCUT2D eigenvalue weighted by molar-refractivity contribution is -0.151. The Kier molecular flexibility index (Phi) is 4.83. The van der Waals surface area contributed by atoms with E-state index in [0.29, 0.717) is 18.8 Å². The third kappa shape index (κ3) is 3.97. The summed E-state index contributed by atoms with van der Waals surface area (Å²) >= 11 is 0. The van der Waals surface area contributed by atoms with Crippen LogP contribution in [0.1, 0.15) is 31.2 Å². The lowest BCUT2D eigenvalue weighted by Gasteiger charge is -2.36. The van der Waals surface area contributed by atoms with Gasteiger partial charge in [0.2, 0.25) is 0 Å². The molecule has 5 nitrogen and oxygen atoms in total. The maximum Gasteiger partial charge on any atom is 0.404 e. The number of carbonyl (C=O) groups is 2. The van der Waals surface area contributed by atoms with E-state index < -0.39 is 17.5 Å². The van der Waals surface area contributed by atoms with Crippen molar-refractivity contribution in [1.82, 2.24) is 5.32 Å². The first kappa shape index (κ1) is 15.4. The van der Waals surface area contributed by atoms with Gasteiger partial charge in [-0.3, -0.25) is 4.79 Å². The minimum Gasteiger partial charge on any atom is -0.481 e. The van der Waals surface area contributed by atoms with E-state index in [1.165, 1.54) is 5.56 Å². The lowest BCUT2D eigenvalue weighted by atomic mass is 9.69. The summed E-state index contributed by atoms with van der Waals surface area (Å²) in [6.07, 6.45) is 2.50. The number of amides is 1. The van der Waals surface area contributed by atoms with Gasteiger partial charge in [0.05, 0.1) is 5.41 Å². The van der Waals surface area contributed by atoms with E-state index in [1.54, 1.807) is 0 Å². The Balaban J connectivity index is 1.93. The van der Waals surface area contributed by atoms with Crippen LogP contribution in [0.3, 0.4) is 0 Å². The van der Waals surface area contributed by atoms with E-state index in [1.807, 2.05) is 18.2 Å². The zero-order valence-corrected chi connectivity index (χ0v) is 11.9. The van der Waals surface area contributed by atoms with Crippen molar-refractivity contribution in [2.75, 3.05) is 6.54 Å². The molecule has 1 aliphatic rings. The average Bonchev–Trinajstić information content (AvgIpc) is 2.47. The third-order valence-electron chi connectivity index (χ3n) is 4.46. The number of hydrogen-bond donors (Lipinski definition) is 3. The number of benzene rings is 1. The van der Waals surface area contributed by atoms with Crippen LogP contribution in [0, 0.1) is 11.3 Å². The van der Waals surface area contributed by atoms with Gasteiger partial charge in [0.15, 0.2) is 0 Å². The normalized spacial score (nSPS) is 25.2. The Bertz CT molecular complexity index is 492. The molecule has 0 heterocycles. The van der Waals surface area contributed by atoms with Gasteiger partial charge in [0, 0.05) is 6.54 Å². The standard InChI is InChI=1S/C16H21NO4/c18-14(19)16(11-17-15(20)21)8-6-13(7-9-16)10-12-4-2-1-3-5-12/h1-5,13,17H,6-11H2,(H,18,19)(H,20,21)/t13-,16-. The zero-order valence-electron chi connectivity index (χ0n) is 11.9. The van der Waals surface area contributed by atoms with Crippen LogP contribution in [0.4, 0.5) is 4.79 Å². The zero-order chi connectivity index (χ0) is 15.3. The van der Waals surface area contributed by atoms with Gasteiger partial charge in [-0.05, 0) is 43.6 Å². The summed E-state index contributed by atoms with van der Waals surface area (Å²) < 4.78 is 0. The highest BCUT2D eigenvalue weighted by atomic mass is 16.4. The molecule has 0 unspecified atom stereocenters.